The quantitative estimate of drug-likeness (QED) is 0.514. The summed E-state index contributed by atoms with van der Waals surface area (Å²) in [5.74, 6) is 0.383. The predicted molar refractivity (Wildman–Crippen MR) is 75.9 cm³/mol. The van der Waals surface area contributed by atoms with Gasteiger partial charge in [0, 0.05) is 12.7 Å². The molecule has 0 amide bonds. The van der Waals surface area contributed by atoms with Crippen LogP contribution in [0.25, 0.3) is 0 Å². The molecule has 0 aliphatic heterocycles. The highest BCUT2D eigenvalue weighted by molar-refractivity contribution is 7.99. The van der Waals surface area contributed by atoms with Crippen LogP contribution in [0, 0.1) is 17.0 Å². The molecule has 0 unspecified atom stereocenters. The molecule has 0 saturated heterocycles. The van der Waals surface area contributed by atoms with E-state index in [-0.39, 0.29) is 10.7 Å². The van der Waals surface area contributed by atoms with Crippen molar-refractivity contribution >= 4 is 23.4 Å². The first-order valence-corrected chi connectivity index (χ1v) is 6.79. The fraction of sp³-hybridized carbons (Fsp3) is 0.250. The summed E-state index contributed by atoms with van der Waals surface area (Å²) >= 11 is 1.15. The Morgan fingerprint density at radius 1 is 1.40 bits per heavy atom. The van der Waals surface area contributed by atoms with E-state index in [0.717, 1.165) is 11.8 Å². The van der Waals surface area contributed by atoms with Gasteiger partial charge in [-0.15, -0.1) is 0 Å². The average molecular weight is 291 g/mol. The van der Waals surface area contributed by atoms with Crippen LogP contribution in [-0.2, 0) is 0 Å². The zero-order valence-electron chi connectivity index (χ0n) is 11.0. The van der Waals surface area contributed by atoms with Crippen molar-refractivity contribution in [2.75, 3.05) is 11.9 Å². The molecule has 0 saturated carbocycles. The van der Waals surface area contributed by atoms with Crippen LogP contribution in [0.4, 0.5) is 11.6 Å². The minimum absolute atomic E-state index is 0.0812. The Morgan fingerprint density at radius 3 is 2.80 bits per heavy atom. The summed E-state index contributed by atoms with van der Waals surface area (Å²) in [4.78, 5) is 23.1. The number of anilines is 1. The van der Waals surface area contributed by atoms with Gasteiger partial charge in [-0.05, 0) is 37.7 Å². The number of aryl methyl sites for hydroxylation is 1. The standard InChI is InChI=1S/C12H13N5O2S/c1-3-13-12-15-8(2)10(17(18)19)11(16-12)20-9-6-4-5-7-14-9/h4-7H,3H2,1-2H3,(H,13,15,16). The van der Waals surface area contributed by atoms with Crippen molar-refractivity contribution in [2.45, 2.75) is 23.9 Å². The molecular formula is C12H13N5O2S. The molecule has 20 heavy (non-hydrogen) atoms. The minimum Gasteiger partial charge on any atom is -0.354 e. The van der Waals surface area contributed by atoms with Gasteiger partial charge in [0.15, 0.2) is 5.03 Å². The number of pyridine rings is 1. The maximum absolute atomic E-state index is 11.2. The normalized spacial score (nSPS) is 10.3. The number of nitrogens with zero attached hydrogens (tertiary/aromatic N) is 4. The lowest BCUT2D eigenvalue weighted by molar-refractivity contribution is -0.389. The predicted octanol–water partition coefficient (Wildman–Crippen LogP) is 2.67. The monoisotopic (exact) mass is 291 g/mol. The summed E-state index contributed by atoms with van der Waals surface area (Å²) in [5.41, 5.74) is 0.252. The van der Waals surface area contributed by atoms with Gasteiger partial charge in [0.05, 0.1) is 4.92 Å². The fourth-order valence-electron chi connectivity index (χ4n) is 1.57. The molecule has 0 fully saturated rings. The first-order chi connectivity index (χ1) is 9.61. The largest absolute Gasteiger partial charge is 0.354 e. The van der Waals surface area contributed by atoms with Crippen molar-refractivity contribution in [3.05, 3.63) is 40.2 Å². The fourth-order valence-corrected chi connectivity index (χ4v) is 2.48. The van der Waals surface area contributed by atoms with E-state index < -0.39 is 4.92 Å². The lowest BCUT2D eigenvalue weighted by Gasteiger charge is -2.07. The molecular weight excluding hydrogens is 278 g/mol. The molecule has 7 nitrogen and oxygen atoms in total. The van der Waals surface area contributed by atoms with Crippen molar-refractivity contribution in [1.29, 1.82) is 0 Å². The molecule has 2 heterocycles. The van der Waals surface area contributed by atoms with Crippen LogP contribution in [-0.4, -0.2) is 26.4 Å². The molecule has 8 heteroatoms. The SMILES string of the molecule is CCNc1nc(C)c([N+](=O)[O-])c(Sc2ccccn2)n1. The highest BCUT2D eigenvalue weighted by Gasteiger charge is 2.23. The highest BCUT2D eigenvalue weighted by Crippen LogP contribution is 2.34. The van der Waals surface area contributed by atoms with Crippen LogP contribution in [0.2, 0.25) is 0 Å². The second kappa shape index (κ2) is 6.29. The van der Waals surface area contributed by atoms with Crippen LogP contribution >= 0.6 is 11.8 Å². The van der Waals surface area contributed by atoms with Crippen LogP contribution in [0.5, 0.6) is 0 Å². The van der Waals surface area contributed by atoms with Crippen LogP contribution in [0.15, 0.2) is 34.4 Å². The second-order valence-electron chi connectivity index (χ2n) is 3.84. The Kier molecular flexibility index (Phi) is 4.46. The molecule has 0 aromatic carbocycles. The first-order valence-electron chi connectivity index (χ1n) is 5.97. The van der Waals surface area contributed by atoms with E-state index in [2.05, 4.69) is 20.3 Å². The van der Waals surface area contributed by atoms with Gasteiger partial charge in [-0.3, -0.25) is 10.1 Å². The summed E-state index contributed by atoms with van der Waals surface area (Å²) in [6.07, 6.45) is 1.63. The molecule has 0 radical (unpaired) electrons. The summed E-state index contributed by atoms with van der Waals surface area (Å²) in [6, 6.07) is 5.38. The smallest absolute Gasteiger partial charge is 0.322 e. The second-order valence-corrected chi connectivity index (χ2v) is 4.85. The van der Waals surface area contributed by atoms with Crippen molar-refractivity contribution in [2.24, 2.45) is 0 Å². The molecule has 2 aromatic rings. The Morgan fingerprint density at radius 2 is 2.20 bits per heavy atom. The highest BCUT2D eigenvalue weighted by atomic mass is 32.2. The van der Waals surface area contributed by atoms with Gasteiger partial charge in [0.2, 0.25) is 5.95 Å². The summed E-state index contributed by atoms with van der Waals surface area (Å²) in [6.45, 7) is 4.15. The van der Waals surface area contributed by atoms with Crippen LogP contribution in [0.1, 0.15) is 12.6 Å². The molecule has 0 spiro atoms. The Balaban J connectivity index is 2.45. The van der Waals surface area contributed by atoms with Gasteiger partial charge < -0.3 is 5.32 Å². The van der Waals surface area contributed by atoms with Crippen LogP contribution in [0.3, 0.4) is 0 Å². The van der Waals surface area contributed by atoms with Gasteiger partial charge in [0.1, 0.15) is 10.7 Å². The maximum Gasteiger partial charge on any atom is 0.322 e. The van der Waals surface area contributed by atoms with E-state index in [1.807, 2.05) is 13.0 Å². The maximum atomic E-state index is 11.2. The zero-order chi connectivity index (χ0) is 14.5. The lowest BCUT2D eigenvalue weighted by Crippen LogP contribution is -2.07. The van der Waals surface area contributed by atoms with Crippen molar-refractivity contribution < 1.29 is 4.92 Å². The number of hydrogen-bond donors (Lipinski definition) is 1. The molecule has 104 valence electrons. The minimum atomic E-state index is -0.462. The number of nitrogens with one attached hydrogen (secondary N) is 1. The van der Waals surface area contributed by atoms with E-state index in [4.69, 9.17) is 0 Å². The molecule has 0 atom stereocenters. The Bertz CT molecular complexity index is 621. The molecule has 0 aliphatic rings. The summed E-state index contributed by atoms with van der Waals surface area (Å²) in [7, 11) is 0. The molecule has 2 rings (SSSR count). The van der Waals surface area contributed by atoms with Gasteiger partial charge in [-0.1, -0.05) is 6.07 Å². The Hall–Kier alpha value is -2.22. The van der Waals surface area contributed by atoms with E-state index in [1.54, 1.807) is 25.3 Å². The van der Waals surface area contributed by atoms with Crippen LogP contribution < -0.4 is 5.32 Å². The van der Waals surface area contributed by atoms with Gasteiger partial charge in [-0.25, -0.2) is 9.97 Å². The van der Waals surface area contributed by atoms with E-state index in [9.17, 15) is 10.1 Å². The van der Waals surface area contributed by atoms with Gasteiger partial charge in [-0.2, -0.15) is 4.98 Å². The first kappa shape index (κ1) is 14.2. The molecule has 2 aromatic heterocycles. The van der Waals surface area contributed by atoms with Crippen molar-refractivity contribution in [3.63, 3.8) is 0 Å². The topological polar surface area (TPSA) is 93.8 Å². The lowest BCUT2D eigenvalue weighted by atomic mass is 10.4. The number of aromatic nitrogens is 3. The number of rotatable bonds is 5. The Labute approximate surface area is 120 Å². The van der Waals surface area contributed by atoms with Crippen molar-refractivity contribution in [1.82, 2.24) is 15.0 Å². The van der Waals surface area contributed by atoms with Crippen molar-refractivity contribution in [3.8, 4) is 0 Å². The summed E-state index contributed by atoms with van der Waals surface area (Å²) in [5, 5.41) is 15.1. The third kappa shape index (κ3) is 3.21. The number of nitro groups is 1. The third-order valence-electron chi connectivity index (χ3n) is 2.38. The van der Waals surface area contributed by atoms with Gasteiger partial charge >= 0.3 is 5.69 Å². The third-order valence-corrected chi connectivity index (χ3v) is 3.31. The number of hydrogen-bond acceptors (Lipinski definition) is 7. The zero-order valence-corrected chi connectivity index (χ0v) is 11.8. The van der Waals surface area contributed by atoms with E-state index in [0.29, 0.717) is 23.2 Å². The average Bonchev–Trinajstić information content (AvgIpc) is 2.39. The van der Waals surface area contributed by atoms with Gasteiger partial charge in [0.25, 0.3) is 0 Å². The van der Waals surface area contributed by atoms with E-state index >= 15 is 0 Å². The van der Waals surface area contributed by atoms with E-state index in [1.165, 1.54) is 0 Å². The summed E-state index contributed by atoms with van der Waals surface area (Å²) < 4.78 is 0. The molecule has 0 bridgehead atoms. The molecule has 1 N–H and O–H groups in total. The molecule has 0 aliphatic carbocycles.